The van der Waals surface area contributed by atoms with Gasteiger partial charge in [-0.3, -0.25) is 0 Å². The van der Waals surface area contributed by atoms with Gasteiger partial charge in [-0.15, -0.1) is 11.3 Å². The Morgan fingerprint density at radius 1 is 1.39 bits per heavy atom. The number of hydrogen-bond acceptors (Lipinski definition) is 5. The van der Waals surface area contributed by atoms with Crippen LogP contribution in [0.15, 0.2) is 16.7 Å². The molecule has 0 aromatic carbocycles. The quantitative estimate of drug-likeness (QED) is 0.897. The molecule has 0 spiro atoms. The van der Waals surface area contributed by atoms with Gasteiger partial charge in [-0.05, 0) is 30.9 Å². The lowest BCUT2D eigenvalue weighted by Gasteiger charge is -2.23. The van der Waals surface area contributed by atoms with Gasteiger partial charge in [0.15, 0.2) is 5.82 Å². The van der Waals surface area contributed by atoms with Crippen molar-refractivity contribution in [2.24, 2.45) is 5.92 Å². The molecule has 2 atom stereocenters. The van der Waals surface area contributed by atoms with E-state index >= 15 is 0 Å². The van der Waals surface area contributed by atoms with E-state index in [0.717, 1.165) is 21.6 Å². The Kier molecular flexibility index (Phi) is 3.07. The largest absolute Gasteiger partial charge is 0.391 e. The molecule has 0 saturated heterocycles. The van der Waals surface area contributed by atoms with Crippen molar-refractivity contribution in [3.05, 3.63) is 18.0 Å². The van der Waals surface area contributed by atoms with Crippen LogP contribution >= 0.6 is 11.3 Å². The summed E-state index contributed by atoms with van der Waals surface area (Å²) in [7, 11) is 0. The van der Waals surface area contributed by atoms with Gasteiger partial charge in [0.2, 0.25) is 0 Å². The Hall–Kier alpha value is -1.36. The van der Waals surface area contributed by atoms with Crippen LogP contribution in [0.2, 0.25) is 0 Å². The maximum Gasteiger partial charge on any atom is 0.268 e. The first-order valence-corrected chi connectivity index (χ1v) is 7.23. The number of nitrogens with zero attached hydrogens (tertiary/aromatic N) is 2. The summed E-state index contributed by atoms with van der Waals surface area (Å²) >= 11 is 1.48. The van der Waals surface area contributed by atoms with Crippen molar-refractivity contribution in [2.45, 2.75) is 38.5 Å². The Balaban J connectivity index is 1.80. The molecule has 2 aromatic heterocycles. The van der Waals surface area contributed by atoms with Crippen molar-refractivity contribution in [2.75, 3.05) is 5.73 Å². The lowest BCUT2D eigenvalue weighted by molar-refractivity contribution is 0.324. The zero-order valence-corrected chi connectivity index (χ0v) is 11.2. The second-order valence-electron chi connectivity index (χ2n) is 5.13. The molecule has 2 unspecified atom stereocenters. The van der Waals surface area contributed by atoms with Crippen LogP contribution in [-0.2, 0) is 0 Å². The molecule has 2 N–H and O–H groups in total. The van der Waals surface area contributed by atoms with Gasteiger partial charge in [-0.25, -0.2) is 0 Å². The molecule has 1 aliphatic carbocycles. The SMILES string of the molecule is CC1CCCC(c2noc(-c3ccc(N)s3)n2)C1. The number of thiophene rings is 1. The Bertz CT molecular complexity index is 534. The lowest BCUT2D eigenvalue weighted by atomic mass is 9.82. The third-order valence-corrected chi connectivity index (χ3v) is 4.48. The summed E-state index contributed by atoms with van der Waals surface area (Å²) in [6.45, 7) is 2.30. The average molecular weight is 263 g/mol. The standard InChI is InChI=1S/C13H17N3OS/c1-8-3-2-4-9(7-8)12-15-13(17-16-12)10-5-6-11(14)18-10/h5-6,8-9H,2-4,7,14H2,1H3. The van der Waals surface area contributed by atoms with Gasteiger partial charge < -0.3 is 10.3 Å². The highest BCUT2D eigenvalue weighted by Gasteiger charge is 2.25. The van der Waals surface area contributed by atoms with Gasteiger partial charge in [0.25, 0.3) is 5.89 Å². The molecular weight excluding hydrogens is 246 g/mol. The molecule has 96 valence electrons. The predicted octanol–water partition coefficient (Wildman–Crippen LogP) is 3.67. The molecule has 0 aliphatic heterocycles. The molecule has 2 heterocycles. The Morgan fingerprint density at radius 2 is 2.28 bits per heavy atom. The van der Waals surface area contributed by atoms with E-state index in [0.29, 0.717) is 11.8 Å². The fourth-order valence-corrected chi connectivity index (χ4v) is 3.33. The van der Waals surface area contributed by atoms with Gasteiger partial charge in [0.05, 0.1) is 9.88 Å². The molecule has 4 nitrogen and oxygen atoms in total. The summed E-state index contributed by atoms with van der Waals surface area (Å²) in [5.74, 6) is 2.69. The maximum absolute atomic E-state index is 5.71. The number of rotatable bonds is 2. The van der Waals surface area contributed by atoms with E-state index in [9.17, 15) is 0 Å². The van der Waals surface area contributed by atoms with E-state index in [1.165, 1.54) is 37.0 Å². The third kappa shape index (κ3) is 2.27. The van der Waals surface area contributed by atoms with Gasteiger partial charge in [-0.1, -0.05) is 24.9 Å². The molecule has 2 aromatic rings. The van der Waals surface area contributed by atoms with E-state index < -0.39 is 0 Å². The fraction of sp³-hybridized carbons (Fsp3) is 0.538. The number of nitrogen functional groups attached to an aromatic ring is 1. The zero-order valence-electron chi connectivity index (χ0n) is 10.4. The monoisotopic (exact) mass is 263 g/mol. The van der Waals surface area contributed by atoms with E-state index in [2.05, 4.69) is 17.1 Å². The fourth-order valence-electron chi connectivity index (χ4n) is 2.64. The predicted molar refractivity (Wildman–Crippen MR) is 72.4 cm³/mol. The van der Waals surface area contributed by atoms with E-state index in [4.69, 9.17) is 10.3 Å². The number of hydrogen-bond donors (Lipinski definition) is 1. The Labute approximate surface area is 110 Å². The van der Waals surface area contributed by atoms with Crippen molar-refractivity contribution < 1.29 is 4.52 Å². The Morgan fingerprint density at radius 3 is 3.00 bits per heavy atom. The van der Waals surface area contributed by atoms with Crippen LogP contribution in [-0.4, -0.2) is 10.1 Å². The normalized spacial score (nSPS) is 24.3. The third-order valence-electron chi connectivity index (χ3n) is 3.58. The van der Waals surface area contributed by atoms with E-state index in [1.54, 1.807) is 0 Å². The molecular formula is C13H17N3OS. The van der Waals surface area contributed by atoms with Crippen molar-refractivity contribution in [3.63, 3.8) is 0 Å². The van der Waals surface area contributed by atoms with Gasteiger partial charge >= 0.3 is 0 Å². The number of anilines is 1. The zero-order chi connectivity index (χ0) is 12.5. The summed E-state index contributed by atoms with van der Waals surface area (Å²) in [6, 6.07) is 3.80. The topological polar surface area (TPSA) is 64.9 Å². The smallest absolute Gasteiger partial charge is 0.268 e. The molecule has 0 radical (unpaired) electrons. The summed E-state index contributed by atoms with van der Waals surface area (Å²) < 4.78 is 5.35. The molecule has 1 aliphatic rings. The molecule has 0 bridgehead atoms. The van der Waals surface area contributed by atoms with Crippen LogP contribution in [0.1, 0.15) is 44.3 Å². The van der Waals surface area contributed by atoms with Crippen molar-refractivity contribution in [1.29, 1.82) is 0 Å². The van der Waals surface area contributed by atoms with Crippen LogP contribution in [0.4, 0.5) is 5.00 Å². The van der Waals surface area contributed by atoms with Crippen molar-refractivity contribution >= 4 is 16.3 Å². The highest BCUT2D eigenvalue weighted by Crippen LogP contribution is 2.36. The first-order valence-electron chi connectivity index (χ1n) is 6.41. The average Bonchev–Trinajstić information content (AvgIpc) is 2.97. The lowest BCUT2D eigenvalue weighted by Crippen LogP contribution is -2.12. The first-order chi connectivity index (χ1) is 8.72. The van der Waals surface area contributed by atoms with Crippen molar-refractivity contribution in [3.8, 4) is 10.8 Å². The van der Waals surface area contributed by atoms with E-state index in [-0.39, 0.29) is 0 Å². The van der Waals surface area contributed by atoms with Crippen LogP contribution in [0.3, 0.4) is 0 Å². The van der Waals surface area contributed by atoms with Crippen molar-refractivity contribution in [1.82, 2.24) is 10.1 Å². The molecule has 1 saturated carbocycles. The number of aromatic nitrogens is 2. The second kappa shape index (κ2) is 4.72. The minimum absolute atomic E-state index is 0.462. The van der Waals surface area contributed by atoms with E-state index in [1.807, 2.05) is 12.1 Å². The molecule has 18 heavy (non-hydrogen) atoms. The van der Waals surface area contributed by atoms with Crippen LogP contribution in [0.5, 0.6) is 0 Å². The highest BCUT2D eigenvalue weighted by molar-refractivity contribution is 7.19. The van der Waals surface area contributed by atoms with Gasteiger partial charge in [0.1, 0.15) is 0 Å². The van der Waals surface area contributed by atoms with Crippen LogP contribution in [0, 0.1) is 5.92 Å². The minimum Gasteiger partial charge on any atom is -0.391 e. The summed E-state index contributed by atoms with van der Waals surface area (Å²) in [4.78, 5) is 5.48. The highest BCUT2D eigenvalue weighted by atomic mass is 32.1. The maximum atomic E-state index is 5.71. The summed E-state index contributed by atoms with van der Waals surface area (Å²) in [5.41, 5.74) is 5.71. The molecule has 5 heteroatoms. The first kappa shape index (κ1) is 11.7. The molecule has 3 rings (SSSR count). The second-order valence-corrected chi connectivity index (χ2v) is 6.24. The summed E-state index contributed by atoms with van der Waals surface area (Å²) in [5, 5.41) is 4.91. The molecule has 0 amide bonds. The summed E-state index contributed by atoms with van der Waals surface area (Å²) in [6.07, 6.45) is 4.94. The van der Waals surface area contributed by atoms with Gasteiger partial charge in [0, 0.05) is 5.92 Å². The van der Waals surface area contributed by atoms with Gasteiger partial charge in [-0.2, -0.15) is 4.98 Å². The number of nitrogens with two attached hydrogens (primary N) is 1. The van der Waals surface area contributed by atoms with Crippen LogP contribution in [0.25, 0.3) is 10.8 Å². The minimum atomic E-state index is 0.462. The molecule has 1 fully saturated rings. The van der Waals surface area contributed by atoms with Crippen LogP contribution < -0.4 is 5.73 Å².